The summed E-state index contributed by atoms with van der Waals surface area (Å²) in [5.74, 6) is 1.03. The number of carboxylic acid groups (broad SMARTS) is 1. The molecule has 21 heavy (non-hydrogen) atoms. The summed E-state index contributed by atoms with van der Waals surface area (Å²) in [4.78, 5) is 19.2. The van der Waals surface area contributed by atoms with Crippen LogP contribution in [0.3, 0.4) is 0 Å². The molecule has 0 bridgehead atoms. The Kier molecular flexibility index (Phi) is 6.91. The van der Waals surface area contributed by atoms with Crippen LogP contribution in [0.4, 0.5) is 5.82 Å². The number of carboxylic acids is 1. The molecule has 2 N–H and O–H groups in total. The van der Waals surface area contributed by atoms with Gasteiger partial charge in [-0.2, -0.15) is 0 Å². The lowest BCUT2D eigenvalue weighted by molar-refractivity contribution is -0.138. The fourth-order valence-electron chi connectivity index (χ4n) is 2.29. The van der Waals surface area contributed by atoms with Crippen molar-refractivity contribution in [2.75, 3.05) is 18.5 Å². The van der Waals surface area contributed by atoms with Gasteiger partial charge in [0, 0.05) is 13.0 Å². The van der Waals surface area contributed by atoms with Crippen molar-refractivity contribution in [1.29, 1.82) is 0 Å². The number of anilines is 1. The van der Waals surface area contributed by atoms with E-state index in [-0.39, 0.29) is 12.3 Å². The third-order valence-electron chi connectivity index (χ3n) is 3.15. The molecular weight excluding hydrogens is 270 g/mol. The lowest BCUT2D eigenvalue weighted by Gasteiger charge is -2.19. The molecule has 6 nitrogen and oxygen atoms in total. The second-order valence-electron chi connectivity index (χ2n) is 5.56. The normalized spacial score (nSPS) is 12.2. The predicted octanol–water partition coefficient (Wildman–Crippen LogP) is 2.73. The van der Waals surface area contributed by atoms with Crippen molar-refractivity contribution in [3.05, 3.63) is 11.9 Å². The maximum absolute atomic E-state index is 10.9. The van der Waals surface area contributed by atoms with Crippen LogP contribution in [0, 0.1) is 18.8 Å². The maximum atomic E-state index is 10.9. The van der Waals surface area contributed by atoms with Gasteiger partial charge in [0.25, 0.3) is 0 Å². The first kappa shape index (κ1) is 17.2. The summed E-state index contributed by atoms with van der Waals surface area (Å²) in [6, 6.07) is 0. The van der Waals surface area contributed by atoms with Crippen molar-refractivity contribution in [3.63, 3.8) is 0 Å². The molecule has 1 unspecified atom stereocenters. The van der Waals surface area contributed by atoms with Gasteiger partial charge in [0.15, 0.2) is 0 Å². The zero-order valence-electron chi connectivity index (χ0n) is 13.2. The SMILES string of the molecule is CCOc1ncnc(NCC(CC(=O)O)CC(C)C)c1C. The van der Waals surface area contributed by atoms with Crippen molar-refractivity contribution in [2.45, 2.75) is 40.5 Å². The van der Waals surface area contributed by atoms with E-state index in [4.69, 9.17) is 9.84 Å². The number of ether oxygens (including phenoxy) is 1. The molecule has 118 valence electrons. The van der Waals surface area contributed by atoms with Crippen LogP contribution in [0.2, 0.25) is 0 Å². The minimum absolute atomic E-state index is 0.0763. The van der Waals surface area contributed by atoms with Gasteiger partial charge in [-0.1, -0.05) is 13.8 Å². The van der Waals surface area contributed by atoms with Gasteiger partial charge in [0.1, 0.15) is 12.1 Å². The molecule has 1 atom stereocenters. The van der Waals surface area contributed by atoms with Gasteiger partial charge >= 0.3 is 5.97 Å². The first-order chi connectivity index (χ1) is 9.93. The third kappa shape index (κ3) is 5.97. The van der Waals surface area contributed by atoms with Gasteiger partial charge in [-0.15, -0.1) is 0 Å². The lowest BCUT2D eigenvalue weighted by atomic mass is 9.94. The van der Waals surface area contributed by atoms with E-state index in [9.17, 15) is 4.79 Å². The molecule has 0 radical (unpaired) electrons. The summed E-state index contributed by atoms with van der Waals surface area (Å²) in [7, 11) is 0. The summed E-state index contributed by atoms with van der Waals surface area (Å²) in [6.45, 7) is 9.11. The molecule has 1 heterocycles. The molecule has 0 spiro atoms. The first-order valence-corrected chi connectivity index (χ1v) is 7.34. The summed E-state index contributed by atoms with van der Waals surface area (Å²) >= 11 is 0. The Hall–Kier alpha value is -1.85. The standard InChI is InChI=1S/C15H25N3O3/c1-5-21-15-11(4)14(17-9-18-15)16-8-12(6-10(2)3)7-13(19)20/h9-10,12H,5-8H2,1-4H3,(H,19,20)(H,16,17,18). The highest BCUT2D eigenvalue weighted by Crippen LogP contribution is 2.22. The maximum Gasteiger partial charge on any atom is 0.303 e. The molecular formula is C15H25N3O3. The monoisotopic (exact) mass is 295 g/mol. The fraction of sp³-hybridized carbons (Fsp3) is 0.667. The molecule has 1 rings (SSSR count). The van der Waals surface area contributed by atoms with Crippen LogP contribution in [0.25, 0.3) is 0 Å². The average molecular weight is 295 g/mol. The summed E-state index contributed by atoms with van der Waals surface area (Å²) < 4.78 is 5.43. The van der Waals surface area contributed by atoms with E-state index in [1.807, 2.05) is 13.8 Å². The highest BCUT2D eigenvalue weighted by atomic mass is 16.5. The van der Waals surface area contributed by atoms with E-state index in [1.54, 1.807) is 0 Å². The Morgan fingerprint density at radius 1 is 1.43 bits per heavy atom. The Balaban J connectivity index is 2.70. The zero-order chi connectivity index (χ0) is 15.8. The summed E-state index contributed by atoms with van der Waals surface area (Å²) in [5.41, 5.74) is 0.845. The number of hydrogen-bond acceptors (Lipinski definition) is 5. The third-order valence-corrected chi connectivity index (χ3v) is 3.15. The molecule has 0 aliphatic rings. The molecule has 1 aromatic rings. The van der Waals surface area contributed by atoms with Gasteiger partial charge in [-0.05, 0) is 32.1 Å². The summed E-state index contributed by atoms with van der Waals surface area (Å²) in [5, 5.41) is 12.2. The van der Waals surface area contributed by atoms with E-state index in [1.165, 1.54) is 6.33 Å². The number of nitrogens with zero attached hydrogens (tertiary/aromatic N) is 2. The fourth-order valence-corrected chi connectivity index (χ4v) is 2.29. The number of carbonyl (C=O) groups is 1. The van der Waals surface area contributed by atoms with Crippen LogP contribution >= 0.6 is 0 Å². The minimum atomic E-state index is -0.767. The molecule has 0 aromatic carbocycles. The van der Waals surface area contributed by atoms with E-state index in [0.717, 1.165) is 12.0 Å². The van der Waals surface area contributed by atoms with Gasteiger partial charge < -0.3 is 15.2 Å². The lowest BCUT2D eigenvalue weighted by Crippen LogP contribution is -2.20. The Labute approximate surface area is 126 Å². The second-order valence-corrected chi connectivity index (χ2v) is 5.56. The van der Waals surface area contributed by atoms with Gasteiger partial charge in [0.2, 0.25) is 5.88 Å². The first-order valence-electron chi connectivity index (χ1n) is 7.34. The minimum Gasteiger partial charge on any atom is -0.481 e. The highest BCUT2D eigenvalue weighted by Gasteiger charge is 2.16. The number of nitrogens with one attached hydrogen (secondary N) is 1. The molecule has 0 fully saturated rings. The topological polar surface area (TPSA) is 84.3 Å². The van der Waals surface area contributed by atoms with Crippen molar-refractivity contribution in [2.24, 2.45) is 11.8 Å². The number of hydrogen-bond donors (Lipinski definition) is 2. The molecule has 6 heteroatoms. The summed E-state index contributed by atoms with van der Waals surface area (Å²) in [6.07, 6.45) is 2.48. The van der Waals surface area contributed by atoms with Gasteiger partial charge in [0.05, 0.1) is 12.2 Å². The second kappa shape index (κ2) is 8.44. The number of aliphatic carboxylic acids is 1. The Morgan fingerprint density at radius 3 is 2.71 bits per heavy atom. The van der Waals surface area contributed by atoms with Crippen molar-refractivity contribution in [3.8, 4) is 5.88 Å². The van der Waals surface area contributed by atoms with E-state index >= 15 is 0 Å². The quantitative estimate of drug-likeness (QED) is 0.728. The molecule has 0 saturated heterocycles. The van der Waals surface area contributed by atoms with Crippen LogP contribution in [0.1, 0.15) is 39.2 Å². The van der Waals surface area contributed by atoms with Crippen LogP contribution in [0.15, 0.2) is 6.33 Å². The van der Waals surface area contributed by atoms with E-state index in [0.29, 0.717) is 30.8 Å². The average Bonchev–Trinajstić information content (AvgIpc) is 2.38. The number of rotatable bonds is 9. The highest BCUT2D eigenvalue weighted by molar-refractivity contribution is 5.67. The molecule has 1 aromatic heterocycles. The van der Waals surface area contributed by atoms with E-state index < -0.39 is 5.97 Å². The molecule has 0 aliphatic carbocycles. The Bertz CT molecular complexity index is 463. The van der Waals surface area contributed by atoms with Crippen molar-refractivity contribution >= 4 is 11.8 Å². The van der Waals surface area contributed by atoms with Crippen LogP contribution < -0.4 is 10.1 Å². The van der Waals surface area contributed by atoms with Crippen molar-refractivity contribution in [1.82, 2.24) is 9.97 Å². The predicted molar refractivity (Wildman–Crippen MR) is 81.6 cm³/mol. The van der Waals surface area contributed by atoms with Crippen LogP contribution in [0.5, 0.6) is 5.88 Å². The molecule has 0 saturated carbocycles. The number of aromatic nitrogens is 2. The smallest absolute Gasteiger partial charge is 0.303 e. The van der Waals surface area contributed by atoms with E-state index in [2.05, 4.69) is 29.1 Å². The van der Waals surface area contributed by atoms with Gasteiger partial charge in [-0.25, -0.2) is 9.97 Å². The van der Waals surface area contributed by atoms with Gasteiger partial charge in [-0.3, -0.25) is 4.79 Å². The van der Waals surface area contributed by atoms with Crippen molar-refractivity contribution < 1.29 is 14.6 Å². The molecule has 0 amide bonds. The van der Waals surface area contributed by atoms with Crippen LogP contribution in [-0.2, 0) is 4.79 Å². The zero-order valence-corrected chi connectivity index (χ0v) is 13.2. The molecule has 0 aliphatic heterocycles. The largest absolute Gasteiger partial charge is 0.481 e. The Morgan fingerprint density at radius 2 is 2.14 bits per heavy atom. The van der Waals surface area contributed by atoms with Crippen LogP contribution in [-0.4, -0.2) is 34.2 Å².